The summed E-state index contributed by atoms with van der Waals surface area (Å²) in [6.45, 7) is 9.35. The lowest BCUT2D eigenvalue weighted by Crippen LogP contribution is -2.27. The van der Waals surface area contributed by atoms with E-state index in [-0.39, 0.29) is 0 Å². The summed E-state index contributed by atoms with van der Waals surface area (Å²) in [4.78, 5) is 2.42. The van der Waals surface area contributed by atoms with Crippen molar-refractivity contribution in [3.63, 3.8) is 0 Å². The largest absolute Gasteiger partial charge is 0.326 e. The van der Waals surface area contributed by atoms with Gasteiger partial charge in [0.15, 0.2) is 0 Å². The van der Waals surface area contributed by atoms with Gasteiger partial charge in [0, 0.05) is 19.1 Å². The van der Waals surface area contributed by atoms with E-state index >= 15 is 0 Å². The van der Waals surface area contributed by atoms with Crippen molar-refractivity contribution < 1.29 is 0 Å². The lowest BCUT2D eigenvalue weighted by atomic mass is 10.2. The van der Waals surface area contributed by atoms with E-state index in [1.165, 1.54) is 12.1 Å². The maximum absolute atomic E-state index is 5.77. The van der Waals surface area contributed by atoms with Crippen molar-refractivity contribution in [3.05, 3.63) is 12.2 Å². The molecule has 0 aliphatic carbocycles. The fourth-order valence-corrected chi connectivity index (χ4v) is 1.41. The maximum Gasteiger partial charge on any atom is 0.0180 e. The number of nitrogens with zero attached hydrogens (tertiary/aromatic N) is 1. The van der Waals surface area contributed by atoms with Gasteiger partial charge in [-0.3, -0.25) is 0 Å². The highest BCUT2D eigenvalue weighted by Crippen LogP contribution is 2.08. The first kappa shape index (κ1) is 8.75. The molecule has 0 aromatic carbocycles. The van der Waals surface area contributed by atoms with Gasteiger partial charge in [-0.15, -0.1) is 6.58 Å². The van der Waals surface area contributed by atoms with Crippen molar-refractivity contribution in [2.24, 2.45) is 5.73 Å². The van der Waals surface area contributed by atoms with Crippen molar-refractivity contribution in [1.82, 2.24) is 4.90 Å². The molecule has 0 radical (unpaired) electrons. The summed E-state index contributed by atoms with van der Waals surface area (Å²) in [6.07, 6.45) is 2.28. The second-order valence-electron chi connectivity index (χ2n) is 3.56. The van der Waals surface area contributed by atoms with Crippen LogP contribution in [0.15, 0.2) is 12.2 Å². The predicted molar refractivity (Wildman–Crippen MR) is 48.5 cm³/mol. The van der Waals surface area contributed by atoms with E-state index in [0.717, 1.165) is 25.9 Å². The van der Waals surface area contributed by atoms with Gasteiger partial charge in [-0.2, -0.15) is 0 Å². The van der Waals surface area contributed by atoms with E-state index in [4.69, 9.17) is 5.73 Å². The van der Waals surface area contributed by atoms with Crippen LogP contribution in [0.25, 0.3) is 0 Å². The smallest absolute Gasteiger partial charge is 0.0180 e. The molecule has 0 spiro atoms. The molecule has 2 N–H and O–H groups in total. The van der Waals surface area contributed by atoms with Crippen molar-refractivity contribution in [3.8, 4) is 0 Å². The maximum atomic E-state index is 5.77. The summed E-state index contributed by atoms with van der Waals surface area (Å²) in [7, 11) is 0. The Hall–Kier alpha value is -0.340. The van der Waals surface area contributed by atoms with E-state index in [1.54, 1.807) is 0 Å². The molecule has 1 heterocycles. The number of hydrogen-bond donors (Lipinski definition) is 1. The topological polar surface area (TPSA) is 29.3 Å². The fourth-order valence-electron chi connectivity index (χ4n) is 1.41. The molecule has 1 atom stereocenters. The standard InChI is InChI=1S/C9H18N2/c1-8(2)3-5-11-6-4-9(10)7-11/h9H,1,3-7,10H2,2H3/t9-/m1/s1. The molecule has 1 fully saturated rings. The minimum absolute atomic E-state index is 0.417. The van der Waals surface area contributed by atoms with Crippen LogP contribution in [0.3, 0.4) is 0 Å². The monoisotopic (exact) mass is 154 g/mol. The second-order valence-corrected chi connectivity index (χ2v) is 3.56. The van der Waals surface area contributed by atoms with Gasteiger partial charge < -0.3 is 10.6 Å². The lowest BCUT2D eigenvalue weighted by Gasteiger charge is -2.14. The van der Waals surface area contributed by atoms with Crippen molar-refractivity contribution in [2.45, 2.75) is 25.8 Å². The third kappa shape index (κ3) is 3.04. The second kappa shape index (κ2) is 3.88. The van der Waals surface area contributed by atoms with Crippen molar-refractivity contribution in [2.75, 3.05) is 19.6 Å². The molecule has 0 aromatic heterocycles. The highest BCUT2D eigenvalue weighted by molar-refractivity contribution is 4.90. The summed E-state index contributed by atoms with van der Waals surface area (Å²) < 4.78 is 0. The SMILES string of the molecule is C=C(C)CCN1CC[C@@H](N)C1. The first-order valence-corrected chi connectivity index (χ1v) is 4.31. The summed E-state index contributed by atoms with van der Waals surface area (Å²) in [6, 6.07) is 0.417. The molecule has 1 rings (SSSR count). The number of rotatable bonds is 3. The van der Waals surface area contributed by atoms with E-state index in [9.17, 15) is 0 Å². The van der Waals surface area contributed by atoms with Gasteiger partial charge in [0.1, 0.15) is 0 Å². The highest BCUT2D eigenvalue weighted by Gasteiger charge is 2.17. The van der Waals surface area contributed by atoms with E-state index < -0.39 is 0 Å². The average molecular weight is 154 g/mol. The number of nitrogens with two attached hydrogens (primary N) is 1. The van der Waals surface area contributed by atoms with Crippen LogP contribution in [-0.2, 0) is 0 Å². The zero-order valence-electron chi connectivity index (χ0n) is 7.34. The third-order valence-electron chi connectivity index (χ3n) is 2.16. The Kier molecular flexibility index (Phi) is 3.09. The lowest BCUT2D eigenvalue weighted by molar-refractivity contribution is 0.339. The average Bonchev–Trinajstić information content (AvgIpc) is 2.31. The van der Waals surface area contributed by atoms with Gasteiger partial charge in [-0.05, 0) is 26.3 Å². The third-order valence-corrected chi connectivity index (χ3v) is 2.16. The van der Waals surface area contributed by atoms with Gasteiger partial charge in [-0.1, -0.05) is 5.57 Å². The van der Waals surface area contributed by atoms with Crippen LogP contribution in [0.4, 0.5) is 0 Å². The van der Waals surface area contributed by atoms with Crippen LogP contribution in [0, 0.1) is 0 Å². The van der Waals surface area contributed by atoms with Crippen LogP contribution in [-0.4, -0.2) is 30.6 Å². The molecule has 1 aliphatic rings. The molecule has 64 valence electrons. The van der Waals surface area contributed by atoms with Crippen molar-refractivity contribution >= 4 is 0 Å². The first-order chi connectivity index (χ1) is 5.18. The Bertz CT molecular complexity index is 142. The molecule has 0 saturated carbocycles. The fraction of sp³-hybridized carbons (Fsp3) is 0.778. The molecular weight excluding hydrogens is 136 g/mol. The zero-order chi connectivity index (χ0) is 8.27. The molecule has 0 bridgehead atoms. The van der Waals surface area contributed by atoms with E-state index in [1.807, 2.05) is 0 Å². The Morgan fingerprint density at radius 3 is 2.91 bits per heavy atom. The zero-order valence-corrected chi connectivity index (χ0v) is 7.34. The van der Waals surface area contributed by atoms with Gasteiger partial charge in [-0.25, -0.2) is 0 Å². The van der Waals surface area contributed by atoms with Gasteiger partial charge >= 0.3 is 0 Å². The summed E-state index contributed by atoms with van der Waals surface area (Å²) in [5.74, 6) is 0. The number of likely N-dealkylation sites (tertiary alicyclic amines) is 1. The molecule has 11 heavy (non-hydrogen) atoms. The van der Waals surface area contributed by atoms with Gasteiger partial charge in [0.2, 0.25) is 0 Å². The minimum atomic E-state index is 0.417. The predicted octanol–water partition coefficient (Wildman–Crippen LogP) is 0.986. The Morgan fingerprint density at radius 1 is 1.73 bits per heavy atom. The van der Waals surface area contributed by atoms with Crippen LogP contribution < -0.4 is 5.73 Å². The molecule has 0 amide bonds. The number of hydrogen-bond acceptors (Lipinski definition) is 2. The van der Waals surface area contributed by atoms with Gasteiger partial charge in [0.05, 0.1) is 0 Å². The molecule has 0 unspecified atom stereocenters. The Labute approximate surface area is 69.1 Å². The first-order valence-electron chi connectivity index (χ1n) is 4.31. The Morgan fingerprint density at radius 2 is 2.45 bits per heavy atom. The summed E-state index contributed by atoms with van der Waals surface area (Å²) in [5.41, 5.74) is 7.04. The molecule has 1 saturated heterocycles. The normalized spacial score (nSPS) is 25.8. The van der Waals surface area contributed by atoms with Crippen molar-refractivity contribution in [1.29, 1.82) is 0 Å². The van der Waals surface area contributed by atoms with Crippen LogP contribution in [0.1, 0.15) is 19.8 Å². The molecular formula is C9H18N2. The Balaban J connectivity index is 2.13. The van der Waals surface area contributed by atoms with E-state index in [2.05, 4.69) is 18.4 Å². The highest BCUT2D eigenvalue weighted by atomic mass is 15.2. The molecule has 0 aromatic rings. The molecule has 1 aliphatic heterocycles. The molecule has 2 nitrogen and oxygen atoms in total. The minimum Gasteiger partial charge on any atom is -0.326 e. The summed E-state index contributed by atoms with van der Waals surface area (Å²) >= 11 is 0. The van der Waals surface area contributed by atoms with E-state index in [0.29, 0.717) is 6.04 Å². The van der Waals surface area contributed by atoms with Crippen LogP contribution >= 0.6 is 0 Å². The molecule has 2 heteroatoms. The van der Waals surface area contributed by atoms with Crippen LogP contribution in [0.5, 0.6) is 0 Å². The van der Waals surface area contributed by atoms with Crippen LogP contribution in [0.2, 0.25) is 0 Å². The quantitative estimate of drug-likeness (QED) is 0.614. The summed E-state index contributed by atoms with van der Waals surface area (Å²) in [5, 5.41) is 0. The van der Waals surface area contributed by atoms with Gasteiger partial charge in [0.25, 0.3) is 0 Å².